The molecule has 0 spiro atoms. The minimum absolute atomic E-state index is 0.220. The summed E-state index contributed by atoms with van der Waals surface area (Å²) >= 11 is 3.64. The number of nitrogens with two attached hydrogens (primary N) is 1. The van der Waals surface area contributed by atoms with Crippen LogP contribution in [0.15, 0.2) is 23.1 Å². The van der Waals surface area contributed by atoms with Crippen molar-refractivity contribution in [3.63, 3.8) is 0 Å². The second-order valence-corrected chi connectivity index (χ2v) is 4.73. The highest BCUT2D eigenvalue weighted by Crippen LogP contribution is 2.25. The van der Waals surface area contributed by atoms with E-state index in [1.807, 2.05) is 18.2 Å². The van der Waals surface area contributed by atoms with Gasteiger partial charge in [0.05, 0.1) is 12.9 Å². The predicted octanol–water partition coefficient (Wildman–Crippen LogP) is 2.14. The van der Waals surface area contributed by atoms with Gasteiger partial charge in [0.2, 0.25) is 0 Å². The summed E-state index contributed by atoms with van der Waals surface area (Å²) in [6.45, 7) is 0. The van der Waals surface area contributed by atoms with E-state index >= 15 is 0 Å². The number of hydrogen-bond acceptors (Lipinski definition) is 4. The van der Waals surface area contributed by atoms with E-state index in [1.165, 1.54) is 18.9 Å². The van der Waals surface area contributed by atoms with Gasteiger partial charge in [-0.05, 0) is 40.8 Å². The fourth-order valence-electron chi connectivity index (χ4n) is 0.830. The lowest BCUT2D eigenvalue weighted by Gasteiger charge is -2.03. The molecule has 0 heterocycles. The number of benzene rings is 1. The number of hydrogen-bond donors (Lipinski definition) is 1. The van der Waals surface area contributed by atoms with Crippen LogP contribution in [-0.4, -0.2) is 18.8 Å². The fraction of sp³-hybridized carbons (Fsp3) is 0.222. The second-order valence-electron chi connectivity index (χ2n) is 2.55. The molecule has 0 saturated heterocycles. The van der Waals surface area contributed by atoms with Gasteiger partial charge in [-0.1, -0.05) is 0 Å². The topological polar surface area (TPSA) is 52.3 Å². The van der Waals surface area contributed by atoms with Crippen LogP contribution in [0.2, 0.25) is 0 Å². The molecule has 0 unspecified atom stereocenters. The van der Waals surface area contributed by atoms with Gasteiger partial charge in [0.25, 0.3) is 0 Å². The summed E-state index contributed by atoms with van der Waals surface area (Å²) in [4.78, 5) is 11.9. The average molecular weight is 323 g/mol. The van der Waals surface area contributed by atoms with Crippen LogP contribution in [0.4, 0.5) is 5.69 Å². The first kappa shape index (κ1) is 11.6. The molecule has 14 heavy (non-hydrogen) atoms. The summed E-state index contributed by atoms with van der Waals surface area (Å²) < 4.78 is 5.60. The van der Waals surface area contributed by atoms with E-state index in [1.54, 1.807) is 0 Å². The Labute approximate surface area is 101 Å². The molecule has 1 rings (SSSR count). The van der Waals surface area contributed by atoms with Crippen molar-refractivity contribution in [1.29, 1.82) is 0 Å². The van der Waals surface area contributed by atoms with Gasteiger partial charge in [-0.3, -0.25) is 4.79 Å². The number of nitrogen functional groups attached to an aromatic ring is 1. The Balaban J connectivity index is 2.63. The molecule has 0 fully saturated rings. The second kappa shape index (κ2) is 5.45. The van der Waals surface area contributed by atoms with Gasteiger partial charge in [-0.2, -0.15) is 0 Å². The molecule has 0 saturated carbocycles. The predicted molar refractivity (Wildman–Crippen MR) is 66.3 cm³/mol. The first-order chi connectivity index (χ1) is 6.63. The van der Waals surface area contributed by atoms with Crippen molar-refractivity contribution < 1.29 is 9.53 Å². The Hall–Kier alpha value is -0.430. The third kappa shape index (κ3) is 3.38. The standard InChI is InChI=1S/C9H10INO2S/c1-13-9(12)5-14-8-3-2-6(11)4-7(8)10/h2-4H,5,11H2,1H3. The number of ether oxygens (including phenoxy) is 1. The van der Waals surface area contributed by atoms with Crippen molar-refractivity contribution >= 4 is 46.0 Å². The van der Waals surface area contributed by atoms with Crippen molar-refractivity contribution in [3.05, 3.63) is 21.8 Å². The number of anilines is 1. The van der Waals surface area contributed by atoms with Crippen molar-refractivity contribution in [3.8, 4) is 0 Å². The number of esters is 1. The third-order valence-electron chi connectivity index (χ3n) is 1.53. The molecule has 0 bridgehead atoms. The van der Waals surface area contributed by atoms with Gasteiger partial charge in [0.1, 0.15) is 0 Å². The summed E-state index contributed by atoms with van der Waals surface area (Å²) in [5.74, 6) is 0.110. The third-order valence-corrected chi connectivity index (χ3v) is 3.83. The quantitative estimate of drug-likeness (QED) is 0.401. The first-order valence-electron chi connectivity index (χ1n) is 3.88. The molecule has 0 radical (unpaired) electrons. The molecule has 1 aromatic rings. The van der Waals surface area contributed by atoms with Crippen molar-refractivity contribution in [1.82, 2.24) is 0 Å². The van der Waals surface area contributed by atoms with Gasteiger partial charge < -0.3 is 10.5 Å². The van der Waals surface area contributed by atoms with Crippen LogP contribution in [0.25, 0.3) is 0 Å². The lowest BCUT2D eigenvalue weighted by molar-refractivity contribution is -0.137. The highest BCUT2D eigenvalue weighted by Gasteiger charge is 2.05. The molecule has 0 atom stereocenters. The van der Waals surface area contributed by atoms with Gasteiger partial charge in [0.15, 0.2) is 0 Å². The SMILES string of the molecule is COC(=O)CSc1ccc(N)cc1I. The molecule has 0 aliphatic carbocycles. The Kier molecular flexibility index (Phi) is 4.53. The molecule has 1 aromatic carbocycles. The van der Waals surface area contributed by atoms with Crippen molar-refractivity contribution in [2.45, 2.75) is 4.90 Å². The zero-order valence-electron chi connectivity index (χ0n) is 7.62. The lowest BCUT2D eigenvalue weighted by Crippen LogP contribution is -2.03. The molecule has 0 aliphatic rings. The summed E-state index contributed by atoms with van der Waals surface area (Å²) in [6.07, 6.45) is 0. The average Bonchev–Trinajstić information content (AvgIpc) is 2.16. The summed E-state index contributed by atoms with van der Waals surface area (Å²) in [5, 5.41) is 0. The number of thioether (sulfide) groups is 1. The van der Waals surface area contributed by atoms with Crippen LogP contribution in [-0.2, 0) is 9.53 Å². The van der Waals surface area contributed by atoms with Crippen LogP contribution in [0.3, 0.4) is 0 Å². The molecule has 76 valence electrons. The first-order valence-corrected chi connectivity index (χ1v) is 5.94. The zero-order valence-corrected chi connectivity index (χ0v) is 10.6. The molecule has 2 N–H and O–H groups in total. The van der Waals surface area contributed by atoms with Gasteiger partial charge in [-0.15, -0.1) is 11.8 Å². The van der Waals surface area contributed by atoms with Crippen LogP contribution in [0, 0.1) is 3.57 Å². The monoisotopic (exact) mass is 323 g/mol. The van der Waals surface area contributed by atoms with Crippen molar-refractivity contribution in [2.24, 2.45) is 0 Å². The largest absolute Gasteiger partial charge is 0.468 e. The minimum Gasteiger partial charge on any atom is -0.468 e. The molecular weight excluding hydrogens is 313 g/mol. The van der Waals surface area contributed by atoms with E-state index in [9.17, 15) is 4.79 Å². The zero-order chi connectivity index (χ0) is 10.6. The highest BCUT2D eigenvalue weighted by atomic mass is 127. The van der Waals surface area contributed by atoms with Crippen LogP contribution >= 0.6 is 34.4 Å². The van der Waals surface area contributed by atoms with Crippen LogP contribution in [0.1, 0.15) is 0 Å². The van der Waals surface area contributed by atoms with Crippen molar-refractivity contribution in [2.75, 3.05) is 18.6 Å². The Bertz CT molecular complexity index is 344. The number of methoxy groups -OCH3 is 1. The maximum absolute atomic E-state index is 10.9. The van der Waals surface area contributed by atoms with E-state index in [4.69, 9.17) is 5.73 Å². The number of rotatable bonds is 3. The Morgan fingerprint density at radius 3 is 2.93 bits per heavy atom. The molecule has 5 heteroatoms. The maximum atomic E-state index is 10.9. The highest BCUT2D eigenvalue weighted by molar-refractivity contribution is 14.1. The summed E-state index contributed by atoms with van der Waals surface area (Å²) in [6, 6.07) is 5.60. The Morgan fingerprint density at radius 1 is 1.64 bits per heavy atom. The van der Waals surface area contributed by atoms with E-state index in [-0.39, 0.29) is 5.97 Å². The van der Waals surface area contributed by atoms with E-state index in [0.29, 0.717) is 5.75 Å². The summed E-state index contributed by atoms with van der Waals surface area (Å²) in [7, 11) is 1.39. The Morgan fingerprint density at radius 2 is 2.36 bits per heavy atom. The van der Waals surface area contributed by atoms with Gasteiger partial charge in [0, 0.05) is 14.2 Å². The number of halogens is 1. The molecule has 3 nitrogen and oxygen atoms in total. The van der Waals surface area contributed by atoms with Crippen LogP contribution in [0.5, 0.6) is 0 Å². The van der Waals surface area contributed by atoms with E-state index < -0.39 is 0 Å². The van der Waals surface area contributed by atoms with E-state index in [2.05, 4.69) is 27.3 Å². The van der Waals surface area contributed by atoms with E-state index in [0.717, 1.165) is 14.2 Å². The molecule has 0 aromatic heterocycles. The minimum atomic E-state index is -0.220. The summed E-state index contributed by atoms with van der Waals surface area (Å²) in [5.41, 5.74) is 6.34. The smallest absolute Gasteiger partial charge is 0.315 e. The van der Waals surface area contributed by atoms with Gasteiger partial charge >= 0.3 is 5.97 Å². The van der Waals surface area contributed by atoms with Crippen LogP contribution < -0.4 is 5.73 Å². The maximum Gasteiger partial charge on any atom is 0.315 e. The van der Waals surface area contributed by atoms with Gasteiger partial charge in [-0.25, -0.2) is 0 Å². The normalized spacial score (nSPS) is 9.86. The lowest BCUT2D eigenvalue weighted by atomic mass is 10.3. The number of carbonyl (C=O) groups excluding carboxylic acids is 1. The molecule has 0 amide bonds. The molecular formula is C9H10INO2S. The fourth-order valence-corrected chi connectivity index (χ4v) is 2.59. The molecule has 0 aliphatic heterocycles. The number of carbonyl (C=O) groups is 1.